The molecule has 0 atom stereocenters. The summed E-state index contributed by atoms with van der Waals surface area (Å²) in [6.07, 6.45) is -0.118. The second-order valence-corrected chi connectivity index (χ2v) is 2.21. The van der Waals surface area contributed by atoms with Crippen molar-refractivity contribution in [2.24, 2.45) is 0 Å². The largest absolute Gasteiger partial charge is 0.452 e. The third-order valence-electron chi connectivity index (χ3n) is 1.08. The van der Waals surface area contributed by atoms with Crippen LogP contribution in [0.4, 0.5) is 4.79 Å². The molecule has 11 heavy (non-hydrogen) atoms. The van der Waals surface area contributed by atoms with Crippen molar-refractivity contribution in [3.8, 4) is 0 Å². The van der Waals surface area contributed by atoms with Crippen LogP contribution in [0.3, 0.4) is 0 Å². The molecule has 2 amide bonds. The summed E-state index contributed by atoms with van der Waals surface area (Å²) in [6, 6.07) is -0.0772. The van der Waals surface area contributed by atoms with Crippen LogP contribution in [-0.2, 0) is 9.53 Å². The Bertz CT molecular complexity index is 147. The number of carbonyl (C=O) groups is 2. The van der Waals surface area contributed by atoms with Gasteiger partial charge < -0.3 is 4.74 Å². The molecule has 0 heterocycles. The lowest BCUT2D eigenvalue weighted by molar-refractivity contribution is -0.122. The summed E-state index contributed by atoms with van der Waals surface area (Å²) in [4.78, 5) is 20.8. The van der Waals surface area contributed by atoms with Crippen molar-refractivity contribution in [3.05, 3.63) is 0 Å². The van der Waals surface area contributed by atoms with Gasteiger partial charge in [-0.15, -0.1) is 0 Å². The number of methoxy groups -OCH3 is 1. The van der Waals surface area contributed by atoms with Gasteiger partial charge in [-0.25, -0.2) is 10.2 Å². The van der Waals surface area contributed by atoms with E-state index in [9.17, 15) is 9.59 Å². The lowest BCUT2D eigenvalue weighted by atomic mass is 10.4. The number of ether oxygens (including phenoxy) is 1. The van der Waals surface area contributed by atoms with Crippen LogP contribution in [0, 0.1) is 0 Å². The maximum absolute atomic E-state index is 10.6. The Morgan fingerprint density at radius 2 is 2.18 bits per heavy atom. The number of hydrogen-bond acceptors (Lipinski definition) is 3. The third kappa shape index (κ3) is 3.44. The number of hydrazine groups is 1. The molecule has 1 N–H and O–H groups in total. The molecule has 0 rings (SSSR count). The number of carbonyl (C=O) groups excluding carboxylic acids is 2. The van der Waals surface area contributed by atoms with Gasteiger partial charge in [0.05, 0.1) is 7.11 Å². The van der Waals surface area contributed by atoms with Crippen molar-refractivity contribution in [2.75, 3.05) is 7.11 Å². The molecule has 0 unspecified atom stereocenters. The number of nitrogens with one attached hydrogen (secondary N) is 1. The fraction of sp³-hybridized carbons (Fsp3) is 0.667. The van der Waals surface area contributed by atoms with Crippen LogP contribution in [-0.4, -0.2) is 30.7 Å². The first-order valence-corrected chi connectivity index (χ1v) is 3.20. The highest BCUT2D eigenvalue weighted by Crippen LogP contribution is 1.88. The SMILES string of the molecule is COC(=O)NN(C=O)C(C)C. The molecule has 0 bridgehead atoms. The van der Waals surface area contributed by atoms with E-state index < -0.39 is 6.09 Å². The second-order valence-electron chi connectivity index (χ2n) is 2.21. The number of nitrogens with zero attached hydrogens (tertiary/aromatic N) is 1. The summed E-state index contributed by atoms with van der Waals surface area (Å²) in [5, 5.41) is 1.12. The quantitative estimate of drug-likeness (QED) is 0.471. The Kier molecular flexibility index (Phi) is 4.02. The molecule has 0 aromatic heterocycles. The van der Waals surface area contributed by atoms with Crippen LogP contribution in [0.25, 0.3) is 0 Å². The Labute approximate surface area is 65.3 Å². The third-order valence-corrected chi connectivity index (χ3v) is 1.08. The zero-order chi connectivity index (χ0) is 8.85. The van der Waals surface area contributed by atoms with Gasteiger partial charge in [0.2, 0.25) is 6.41 Å². The molecular formula is C6H12N2O3. The van der Waals surface area contributed by atoms with Crippen molar-refractivity contribution < 1.29 is 14.3 Å². The second kappa shape index (κ2) is 4.54. The van der Waals surface area contributed by atoms with Crippen LogP contribution in [0.5, 0.6) is 0 Å². The molecule has 64 valence electrons. The lowest BCUT2D eigenvalue weighted by Crippen LogP contribution is -2.45. The minimum absolute atomic E-state index is 0.0772. The molecule has 0 aliphatic carbocycles. The van der Waals surface area contributed by atoms with Gasteiger partial charge in [-0.2, -0.15) is 0 Å². The van der Waals surface area contributed by atoms with Crippen LogP contribution < -0.4 is 5.43 Å². The molecule has 0 spiro atoms. The first kappa shape index (κ1) is 9.74. The molecule has 0 aliphatic rings. The van der Waals surface area contributed by atoms with E-state index in [-0.39, 0.29) is 6.04 Å². The van der Waals surface area contributed by atoms with Gasteiger partial charge >= 0.3 is 6.09 Å². The van der Waals surface area contributed by atoms with Gasteiger partial charge in [0.1, 0.15) is 0 Å². The van der Waals surface area contributed by atoms with E-state index in [1.165, 1.54) is 7.11 Å². The van der Waals surface area contributed by atoms with Crippen molar-refractivity contribution in [1.29, 1.82) is 0 Å². The highest BCUT2D eigenvalue weighted by molar-refractivity contribution is 5.68. The van der Waals surface area contributed by atoms with Crippen LogP contribution in [0.1, 0.15) is 13.8 Å². The van der Waals surface area contributed by atoms with Crippen LogP contribution in [0.15, 0.2) is 0 Å². The Hall–Kier alpha value is -1.26. The van der Waals surface area contributed by atoms with E-state index in [4.69, 9.17) is 0 Å². The summed E-state index contributed by atoms with van der Waals surface area (Å²) in [5.74, 6) is 0. The van der Waals surface area contributed by atoms with E-state index in [1.807, 2.05) is 0 Å². The van der Waals surface area contributed by atoms with Gasteiger partial charge in [0.15, 0.2) is 0 Å². The van der Waals surface area contributed by atoms with E-state index in [0.29, 0.717) is 6.41 Å². The van der Waals surface area contributed by atoms with Crippen LogP contribution in [0.2, 0.25) is 0 Å². The molecule has 0 aliphatic heterocycles. The zero-order valence-corrected chi connectivity index (χ0v) is 6.83. The van der Waals surface area contributed by atoms with Gasteiger partial charge in [0.25, 0.3) is 0 Å². The maximum atomic E-state index is 10.6. The summed E-state index contributed by atoms with van der Waals surface area (Å²) >= 11 is 0. The molecule has 0 radical (unpaired) electrons. The Morgan fingerprint density at radius 3 is 2.45 bits per heavy atom. The predicted octanol–water partition coefficient (Wildman–Crippen LogP) is 0.124. The monoisotopic (exact) mass is 160 g/mol. The first-order chi connectivity index (χ1) is 5.11. The first-order valence-electron chi connectivity index (χ1n) is 3.20. The smallest absolute Gasteiger partial charge is 0.425 e. The van der Waals surface area contributed by atoms with Crippen molar-refractivity contribution in [2.45, 2.75) is 19.9 Å². The van der Waals surface area contributed by atoms with Crippen molar-refractivity contribution in [3.63, 3.8) is 0 Å². The normalized spacial score (nSPS) is 9.09. The molecule has 5 heteroatoms. The highest BCUT2D eigenvalue weighted by Gasteiger charge is 2.08. The van der Waals surface area contributed by atoms with Gasteiger partial charge in [-0.1, -0.05) is 0 Å². The molecule has 0 fully saturated rings. The van der Waals surface area contributed by atoms with E-state index >= 15 is 0 Å². The topological polar surface area (TPSA) is 58.6 Å². The average molecular weight is 160 g/mol. The Balaban J connectivity index is 3.87. The molecule has 0 aromatic rings. The fourth-order valence-electron chi connectivity index (χ4n) is 0.428. The summed E-state index contributed by atoms with van der Waals surface area (Å²) in [7, 11) is 1.23. The van der Waals surface area contributed by atoms with E-state index in [1.54, 1.807) is 13.8 Å². The molecule has 0 saturated carbocycles. The average Bonchev–Trinajstić information content (AvgIpc) is 1.99. The summed E-state index contributed by atoms with van der Waals surface area (Å²) < 4.78 is 4.28. The maximum Gasteiger partial charge on any atom is 0.425 e. The minimum Gasteiger partial charge on any atom is -0.452 e. The summed E-state index contributed by atoms with van der Waals surface area (Å²) in [5.41, 5.74) is 2.22. The van der Waals surface area contributed by atoms with Crippen molar-refractivity contribution in [1.82, 2.24) is 10.4 Å². The lowest BCUT2D eigenvalue weighted by Gasteiger charge is -2.20. The number of amides is 2. The minimum atomic E-state index is -0.647. The van der Waals surface area contributed by atoms with Gasteiger partial charge in [0, 0.05) is 6.04 Å². The Morgan fingerprint density at radius 1 is 1.64 bits per heavy atom. The highest BCUT2D eigenvalue weighted by atomic mass is 16.5. The molecular weight excluding hydrogens is 148 g/mol. The molecule has 5 nitrogen and oxygen atoms in total. The fourth-order valence-corrected chi connectivity index (χ4v) is 0.428. The zero-order valence-electron chi connectivity index (χ0n) is 6.83. The molecule has 0 aromatic carbocycles. The summed E-state index contributed by atoms with van der Waals surface area (Å²) in [6.45, 7) is 3.54. The molecule has 0 saturated heterocycles. The van der Waals surface area contributed by atoms with Crippen molar-refractivity contribution >= 4 is 12.5 Å². The standard InChI is InChI=1S/C6H12N2O3/c1-5(2)8(4-9)7-6(10)11-3/h4-5H,1-3H3,(H,7,10). The van der Waals surface area contributed by atoms with Gasteiger partial charge in [-0.05, 0) is 13.8 Å². The van der Waals surface area contributed by atoms with Gasteiger partial charge in [-0.3, -0.25) is 9.80 Å². The van der Waals surface area contributed by atoms with Crippen LogP contribution >= 0.6 is 0 Å². The van der Waals surface area contributed by atoms with E-state index in [0.717, 1.165) is 5.01 Å². The number of rotatable bonds is 3. The van der Waals surface area contributed by atoms with E-state index in [2.05, 4.69) is 10.2 Å². The number of hydrogen-bond donors (Lipinski definition) is 1. The predicted molar refractivity (Wildman–Crippen MR) is 38.6 cm³/mol.